The Morgan fingerprint density at radius 2 is 1.74 bits per heavy atom. The highest BCUT2D eigenvalue weighted by Gasteiger charge is 2.11. The van der Waals surface area contributed by atoms with Crippen LogP contribution in [0.2, 0.25) is 10.0 Å². The van der Waals surface area contributed by atoms with Gasteiger partial charge in [0.25, 0.3) is 5.91 Å². The van der Waals surface area contributed by atoms with Crippen LogP contribution in [0.15, 0.2) is 64.6 Å². The first-order valence-corrected chi connectivity index (χ1v) is 11.0. The molecule has 0 aliphatic rings. The van der Waals surface area contributed by atoms with Gasteiger partial charge in [-0.15, -0.1) is 0 Å². The van der Waals surface area contributed by atoms with Gasteiger partial charge in [0, 0.05) is 10.2 Å². The molecule has 0 spiro atoms. The van der Waals surface area contributed by atoms with E-state index in [9.17, 15) is 10.1 Å². The van der Waals surface area contributed by atoms with Crippen molar-refractivity contribution in [3.8, 4) is 6.07 Å². The SMILES string of the molecule is Cc1cc(C)cc(Cc2ccc(/C=C(\C#N)C(=O)Nc3ccc(Cl)c(Cl)c3)cc2Br)c1. The highest BCUT2D eigenvalue weighted by atomic mass is 79.9. The van der Waals surface area contributed by atoms with Gasteiger partial charge < -0.3 is 5.32 Å². The summed E-state index contributed by atoms with van der Waals surface area (Å²) in [6.45, 7) is 4.18. The lowest BCUT2D eigenvalue weighted by atomic mass is 9.99. The predicted molar refractivity (Wildman–Crippen MR) is 132 cm³/mol. The van der Waals surface area contributed by atoms with Crippen molar-refractivity contribution in [2.75, 3.05) is 5.32 Å². The first-order valence-electron chi connectivity index (χ1n) is 9.49. The van der Waals surface area contributed by atoms with Gasteiger partial charge in [-0.25, -0.2) is 0 Å². The quantitative estimate of drug-likeness (QED) is 0.283. The Hall–Kier alpha value is -2.58. The molecular weight excluding hydrogens is 495 g/mol. The van der Waals surface area contributed by atoms with Gasteiger partial charge >= 0.3 is 0 Å². The van der Waals surface area contributed by atoms with Crippen LogP contribution in [0.25, 0.3) is 6.08 Å². The standard InChI is InChI=1S/C25H19BrCl2N2O/c1-15-7-16(2)9-18(8-15)11-19-4-3-17(12-22(19)26)10-20(14-29)25(31)30-21-5-6-23(27)24(28)13-21/h3-10,12-13H,11H2,1-2H3,(H,30,31)/b20-10+. The number of nitriles is 1. The molecule has 0 heterocycles. The zero-order valence-electron chi connectivity index (χ0n) is 17.0. The Labute approximate surface area is 200 Å². The summed E-state index contributed by atoms with van der Waals surface area (Å²) in [6, 6.07) is 19.0. The molecule has 0 bridgehead atoms. The summed E-state index contributed by atoms with van der Waals surface area (Å²) in [5.74, 6) is -0.517. The molecule has 0 saturated heterocycles. The summed E-state index contributed by atoms with van der Waals surface area (Å²) in [5.41, 5.74) is 6.03. The Morgan fingerprint density at radius 3 is 2.35 bits per heavy atom. The van der Waals surface area contributed by atoms with Crippen LogP contribution in [0, 0.1) is 25.2 Å². The fraction of sp³-hybridized carbons (Fsp3) is 0.120. The van der Waals surface area contributed by atoms with Crippen LogP contribution < -0.4 is 5.32 Å². The molecular formula is C25H19BrCl2N2O. The molecule has 3 aromatic rings. The second-order valence-corrected chi connectivity index (χ2v) is 8.95. The molecule has 0 saturated carbocycles. The maximum atomic E-state index is 12.5. The van der Waals surface area contributed by atoms with Gasteiger partial charge in [0.15, 0.2) is 0 Å². The summed E-state index contributed by atoms with van der Waals surface area (Å²) in [6.07, 6.45) is 2.34. The smallest absolute Gasteiger partial charge is 0.266 e. The molecule has 1 N–H and O–H groups in total. The van der Waals surface area contributed by atoms with Crippen LogP contribution in [0.5, 0.6) is 0 Å². The van der Waals surface area contributed by atoms with Crippen molar-refractivity contribution in [1.82, 2.24) is 0 Å². The van der Waals surface area contributed by atoms with Crippen LogP contribution in [-0.2, 0) is 11.2 Å². The van der Waals surface area contributed by atoms with Gasteiger partial charge in [-0.3, -0.25) is 4.79 Å². The minimum atomic E-state index is -0.517. The van der Waals surface area contributed by atoms with Gasteiger partial charge in [0.1, 0.15) is 11.6 Å². The Morgan fingerprint density at radius 1 is 1.03 bits per heavy atom. The molecule has 3 rings (SSSR count). The van der Waals surface area contributed by atoms with E-state index in [0.717, 1.165) is 22.0 Å². The van der Waals surface area contributed by atoms with E-state index in [4.69, 9.17) is 23.2 Å². The molecule has 0 unspecified atom stereocenters. The number of nitrogens with zero attached hydrogens (tertiary/aromatic N) is 1. The molecule has 3 aromatic carbocycles. The summed E-state index contributed by atoms with van der Waals surface area (Å²) < 4.78 is 0.919. The topological polar surface area (TPSA) is 52.9 Å². The number of anilines is 1. The van der Waals surface area contributed by atoms with Gasteiger partial charge in [-0.05, 0) is 67.3 Å². The van der Waals surface area contributed by atoms with Crippen molar-refractivity contribution >= 4 is 56.8 Å². The summed E-state index contributed by atoms with van der Waals surface area (Å²) in [4.78, 5) is 12.5. The number of carbonyl (C=O) groups is 1. The predicted octanol–water partition coefficient (Wildman–Crippen LogP) is 7.51. The van der Waals surface area contributed by atoms with Crippen LogP contribution in [0.3, 0.4) is 0 Å². The van der Waals surface area contributed by atoms with Crippen LogP contribution in [0.4, 0.5) is 5.69 Å². The number of nitrogens with one attached hydrogen (secondary N) is 1. The number of hydrogen-bond acceptors (Lipinski definition) is 2. The summed E-state index contributed by atoms with van der Waals surface area (Å²) >= 11 is 15.5. The van der Waals surface area contributed by atoms with Crippen molar-refractivity contribution in [3.63, 3.8) is 0 Å². The molecule has 1 amide bonds. The van der Waals surface area contributed by atoms with Crippen LogP contribution in [0.1, 0.15) is 27.8 Å². The normalized spacial score (nSPS) is 11.2. The number of benzene rings is 3. The number of hydrogen-bond donors (Lipinski definition) is 1. The zero-order chi connectivity index (χ0) is 22.5. The highest BCUT2D eigenvalue weighted by Crippen LogP contribution is 2.26. The molecule has 0 aliphatic carbocycles. The van der Waals surface area contributed by atoms with Crippen molar-refractivity contribution < 1.29 is 4.79 Å². The molecule has 6 heteroatoms. The van der Waals surface area contributed by atoms with Crippen LogP contribution in [-0.4, -0.2) is 5.91 Å². The summed E-state index contributed by atoms with van der Waals surface area (Å²) in [5, 5.41) is 12.8. The van der Waals surface area contributed by atoms with Gasteiger partial charge in [0.05, 0.1) is 10.0 Å². The van der Waals surface area contributed by atoms with Crippen molar-refractivity contribution in [2.45, 2.75) is 20.3 Å². The molecule has 0 atom stereocenters. The lowest BCUT2D eigenvalue weighted by Gasteiger charge is -2.09. The van der Waals surface area contributed by atoms with Gasteiger partial charge in [-0.2, -0.15) is 5.26 Å². The Balaban J connectivity index is 1.79. The van der Waals surface area contributed by atoms with Crippen molar-refractivity contribution in [1.29, 1.82) is 5.26 Å². The van der Waals surface area contributed by atoms with E-state index in [1.807, 2.05) is 24.3 Å². The van der Waals surface area contributed by atoms with Crippen molar-refractivity contribution in [3.05, 3.63) is 103 Å². The first-order chi connectivity index (χ1) is 14.7. The second-order valence-electron chi connectivity index (χ2n) is 7.28. The van der Waals surface area contributed by atoms with Crippen molar-refractivity contribution in [2.24, 2.45) is 0 Å². The third kappa shape index (κ3) is 6.21. The zero-order valence-corrected chi connectivity index (χ0v) is 20.1. The minimum absolute atomic E-state index is 0.0139. The fourth-order valence-corrected chi connectivity index (χ4v) is 4.11. The van der Waals surface area contributed by atoms with Crippen LogP contribution >= 0.6 is 39.1 Å². The number of rotatable bonds is 5. The fourth-order valence-electron chi connectivity index (χ4n) is 3.28. The molecule has 156 valence electrons. The largest absolute Gasteiger partial charge is 0.321 e. The van der Waals surface area contributed by atoms with E-state index >= 15 is 0 Å². The lowest BCUT2D eigenvalue weighted by molar-refractivity contribution is -0.112. The molecule has 3 nitrogen and oxygen atoms in total. The Kier molecular flexibility index (Phi) is 7.56. The van der Waals surface area contributed by atoms with Gasteiger partial charge in [0.2, 0.25) is 0 Å². The molecule has 0 aliphatic heterocycles. The molecule has 0 aromatic heterocycles. The monoisotopic (exact) mass is 512 g/mol. The van der Waals surface area contributed by atoms with E-state index in [0.29, 0.717) is 15.7 Å². The highest BCUT2D eigenvalue weighted by molar-refractivity contribution is 9.10. The number of amides is 1. The number of halogens is 3. The third-order valence-corrected chi connectivity index (χ3v) is 6.08. The first kappa shape index (κ1) is 23.1. The van der Waals surface area contributed by atoms with E-state index in [2.05, 4.69) is 53.3 Å². The molecule has 31 heavy (non-hydrogen) atoms. The number of carbonyl (C=O) groups excluding carboxylic acids is 1. The van der Waals surface area contributed by atoms with E-state index < -0.39 is 5.91 Å². The minimum Gasteiger partial charge on any atom is -0.321 e. The lowest BCUT2D eigenvalue weighted by Crippen LogP contribution is -2.13. The molecule has 0 fully saturated rings. The average Bonchev–Trinajstić information content (AvgIpc) is 2.70. The maximum absolute atomic E-state index is 12.5. The maximum Gasteiger partial charge on any atom is 0.266 e. The second kappa shape index (κ2) is 10.2. The van der Waals surface area contributed by atoms with E-state index in [-0.39, 0.29) is 5.57 Å². The Bertz CT molecular complexity index is 1210. The third-order valence-electron chi connectivity index (χ3n) is 4.61. The number of aryl methyl sites for hydroxylation is 2. The average molecular weight is 514 g/mol. The van der Waals surface area contributed by atoms with Gasteiger partial charge in [-0.1, -0.05) is 80.6 Å². The van der Waals surface area contributed by atoms with E-state index in [1.165, 1.54) is 22.8 Å². The molecule has 0 radical (unpaired) electrons. The summed E-state index contributed by atoms with van der Waals surface area (Å²) in [7, 11) is 0. The van der Waals surface area contributed by atoms with E-state index in [1.54, 1.807) is 18.2 Å².